The summed E-state index contributed by atoms with van der Waals surface area (Å²) in [5.74, 6) is -0.878. The smallest absolute Gasteiger partial charge is 0.316 e. The van der Waals surface area contributed by atoms with Gasteiger partial charge in [0, 0.05) is 31.7 Å². The molecule has 14 heteroatoms. The quantitative estimate of drug-likeness (QED) is 0.340. The van der Waals surface area contributed by atoms with Crippen molar-refractivity contribution in [1.82, 2.24) is 19.4 Å². The largest absolute Gasteiger partial charge is 0.468 e. The minimum Gasteiger partial charge on any atom is -0.468 e. The number of aromatic nitrogens is 2. The first-order valence-electron chi connectivity index (χ1n) is 9.03. The lowest BCUT2D eigenvalue weighted by atomic mass is 10.2. The predicted octanol–water partition coefficient (Wildman–Crippen LogP) is 1.65. The third kappa shape index (κ3) is 5.93. The minimum atomic E-state index is -3.84. The van der Waals surface area contributed by atoms with E-state index in [0.29, 0.717) is 30.5 Å². The van der Waals surface area contributed by atoms with Gasteiger partial charge in [0.25, 0.3) is 5.91 Å². The van der Waals surface area contributed by atoms with Gasteiger partial charge in [0.05, 0.1) is 17.9 Å². The van der Waals surface area contributed by atoms with Crippen LogP contribution in [0, 0.1) is 0 Å². The molecule has 0 saturated carbocycles. The topological polar surface area (TPSA) is 122 Å². The van der Waals surface area contributed by atoms with Gasteiger partial charge >= 0.3 is 5.97 Å². The zero-order chi connectivity index (χ0) is 22.6. The van der Waals surface area contributed by atoms with Crippen LogP contribution in [-0.2, 0) is 19.6 Å². The van der Waals surface area contributed by atoms with Crippen molar-refractivity contribution in [3.05, 3.63) is 28.8 Å². The Labute approximate surface area is 193 Å². The number of likely N-dealkylation sites (N-methyl/N-ethyl adjacent to an activating group) is 1. The first-order chi connectivity index (χ1) is 14.7. The molecule has 1 aliphatic heterocycles. The highest BCUT2D eigenvalue weighted by Gasteiger charge is 2.30. The van der Waals surface area contributed by atoms with Crippen molar-refractivity contribution in [1.29, 1.82) is 0 Å². The number of esters is 1. The van der Waals surface area contributed by atoms with Crippen molar-refractivity contribution in [2.45, 2.75) is 9.24 Å². The zero-order valence-electron chi connectivity index (χ0n) is 16.7. The van der Waals surface area contributed by atoms with Gasteiger partial charge in [0.1, 0.15) is 4.90 Å². The highest BCUT2D eigenvalue weighted by molar-refractivity contribution is 8.01. The molecule has 1 fully saturated rings. The molecule has 1 amide bonds. The average Bonchev–Trinajstić information content (AvgIpc) is 3.19. The molecular weight excluding hydrogens is 486 g/mol. The van der Waals surface area contributed by atoms with Crippen molar-refractivity contribution < 1.29 is 22.7 Å². The van der Waals surface area contributed by atoms with E-state index in [-0.39, 0.29) is 26.4 Å². The number of carbonyl (C=O) groups is 2. The lowest BCUT2D eigenvalue weighted by molar-refractivity contribution is -0.137. The Hall–Kier alpha value is -1.77. The summed E-state index contributed by atoms with van der Waals surface area (Å²) < 4.78 is 32.5. The van der Waals surface area contributed by atoms with Gasteiger partial charge < -0.3 is 9.64 Å². The maximum Gasteiger partial charge on any atom is 0.316 e. The van der Waals surface area contributed by atoms with Crippen molar-refractivity contribution >= 4 is 61.7 Å². The van der Waals surface area contributed by atoms with Gasteiger partial charge in [-0.3, -0.25) is 14.9 Å². The van der Waals surface area contributed by atoms with E-state index in [1.54, 1.807) is 0 Å². The standard InChI is InChI=1S/C17H20ClN5O5S3/c1-22-5-7-23(8-6-22)31(26,27)13-9-11(3-4-12(13)18)15(25)19-16-20-21-17(30-16)29-10-14(24)28-2/h3-4,9H,5-8,10H2,1-2H3,(H,19,20,25). The molecule has 0 aliphatic carbocycles. The Bertz CT molecular complexity index is 1070. The number of hydrogen-bond acceptors (Lipinski definition) is 10. The summed E-state index contributed by atoms with van der Waals surface area (Å²) in [5, 5.41) is 10.6. The number of rotatable bonds is 7. The molecule has 10 nitrogen and oxygen atoms in total. The molecule has 0 spiro atoms. The number of halogens is 1. The summed E-state index contributed by atoms with van der Waals surface area (Å²) in [5.41, 5.74) is 0.121. The molecule has 0 radical (unpaired) electrons. The van der Waals surface area contributed by atoms with E-state index in [1.807, 2.05) is 11.9 Å². The molecule has 1 aromatic carbocycles. The summed E-state index contributed by atoms with van der Waals surface area (Å²) in [6.45, 7) is 1.93. The number of nitrogens with zero attached hydrogens (tertiary/aromatic N) is 4. The third-order valence-electron chi connectivity index (χ3n) is 4.44. The molecule has 1 saturated heterocycles. The summed E-state index contributed by atoms with van der Waals surface area (Å²) in [4.78, 5) is 25.8. The van der Waals surface area contributed by atoms with E-state index < -0.39 is 21.9 Å². The minimum absolute atomic E-state index is 0.0490. The predicted molar refractivity (Wildman–Crippen MR) is 118 cm³/mol. The number of carbonyl (C=O) groups excluding carboxylic acids is 2. The van der Waals surface area contributed by atoms with Crippen LogP contribution in [0.4, 0.5) is 5.13 Å². The molecule has 0 unspecified atom stereocenters. The van der Waals surface area contributed by atoms with Crippen molar-refractivity contribution in [3.8, 4) is 0 Å². The Morgan fingerprint density at radius 1 is 1.26 bits per heavy atom. The maximum absolute atomic E-state index is 13.0. The lowest BCUT2D eigenvalue weighted by Gasteiger charge is -2.31. The summed E-state index contributed by atoms with van der Waals surface area (Å²) in [6.07, 6.45) is 0. The van der Waals surface area contributed by atoms with Gasteiger partial charge in [-0.1, -0.05) is 34.7 Å². The van der Waals surface area contributed by atoms with E-state index in [4.69, 9.17) is 11.6 Å². The Balaban J connectivity index is 1.73. The van der Waals surface area contributed by atoms with Gasteiger partial charge in [0.15, 0.2) is 4.34 Å². The molecule has 168 valence electrons. The monoisotopic (exact) mass is 505 g/mol. The molecule has 1 N–H and O–H groups in total. The fraction of sp³-hybridized carbons (Fsp3) is 0.412. The lowest BCUT2D eigenvalue weighted by Crippen LogP contribution is -2.47. The first-order valence-corrected chi connectivity index (χ1v) is 12.7. The number of ether oxygens (including phenoxy) is 1. The Morgan fingerprint density at radius 2 is 1.97 bits per heavy atom. The molecule has 2 aromatic rings. The van der Waals surface area contributed by atoms with Gasteiger partial charge in [-0.2, -0.15) is 4.31 Å². The van der Waals surface area contributed by atoms with Crippen LogP contribution in [0.3, 0.4) is 0 Å². The van der Waals surface area contributed by atoms with E-state index >= 15 is 0 Å². The number of amides is 1. The number of nitrogens with one attached hydrogen (secondary N) is 1. The van der Waals surface area contributed by atoms with Crippen LogP contribution in [0.2, 0.25) is 5.02 Å². The van der Waals surface area contributed by atoms with Crippen LogP contribution in [0.1, 0.15) is 10.4 Å². The van der Waals surface area contributed by atoms with Crippen LogP contribution in [0.25, 0.3) is 0 Å². The first kappa shape index (κ1) is 23.9. The second kappa shape index (κ2) is 10.2. The van der Waals surface area contributed by atoms with E-state index in [1.165, 1.54) is 29.6 Å². The SMILES string of the molecule is COC(=O)CSc1nnc(NC(=O)c2ccc(Cl)c(S(=O)(=O)N3CCN(C)CC3)c2)s1. The molecule has 31 heavy (non-hydrogen) atoms. The number of thioether (sulfide) groups is 1. The Kier molecular flexibility index (Phi) is 7.88. The normalized spacial score (nSPS) is 15.6. The van der Waals surface area contributed by atoms with Crippen molar-refractivity contribution in [3.63, 3.8) is 0 Å². The second-order valence-electron chi connectivity index (χ2n) is 6.54. The van der Waals surface area contributed by atoms with Gasteiger partial charge in [0.2, 0.25) is 15.2 Å². The molecule has 2 heterocycles. The summed E-state index contributed by atoms with van der Waals surface area (Å²) in [7, 11) is -0.621. The van der Waals surface area contributed by atoms with Crippen LogP contribution in [0.5, 0.6) is 0 Å². The number of anilines is 1. The van der Waals surface area contributed by atoms with Gasteiger partial charge in [-0.25, -0.2) is 8.42 Å². The second-order valence-corrected chi connectivity index (χ2v) is 11.1. The average molecular weight is 506 g/mol. The molecule has 1 aromatic heterocycles. The van der Waals surface area contributed by atoms with E-state index in [2.05, 4.69) is 20.3 Å². The number of sulfonamides is 1. The summed E-state index contributed by atoms with van der Waals surface area (Å²) >= 11 is 8.38. The van der Waals surface area contributed by atoms with Crippen LogP contribution < -0.4 is 5.32 Å². The molecule has 3 rings (SSSR count). The molecular formula is C17H20ClN5O5S3. The highest BCUT2D eigenvalue weighted by atomic mass is 35.5. The maximum atomic E-state index is 13.0. The Morgan fingerprint density at radius 3 is 2.65 bits per heavy atom. The van der Waals surface area contributed by atoms with Crippen molar-refractivity contribution in [2.24, 2.45) is 0 Å². The van der Waals surface area contributed by atoms with E-state index in [9.17, 15) is 18.0 Å². The number of hydrogen-bond donors (Lipinski definition) is 1. The summed E-state index contributed by atoms with van der Waals surface area (Å²) in [6, 6.07) is 4.09. The van der Waals surface area contributed by atoms with Crippen LogP contribution >= 0.6 is 34.7 Å². The number of benzene rings is 1. The molecule has 0 bridgehead atoms. The third-order valence-corrected chi connectivity index (χ3v) is 8.77. The zero-order valence-corrected chi connectivity index (χ0v) is 19.9. The molecule has 1 aliphatic rings. The number of methoxy groups -OCH3 is 1. The van der Waals surface area contributed by atoms with Crippen molar-refractivity contribution in [2.75, 3.05) is 51.4 Å². The number of piperazine rings is 1. The fourth-order valence-electron chi connectivity index (χ4n) is 2.68. The highest BCUT2D eigenvalue weighted by Crippen LogP contribution is 2.28. The van der Waals surface area contributed by atoms with Gasteiger partial charge in [-0.15, -0.1) is 10.2 Å². The van der Waals surface area contributed by atoms with Crippen LogP contribution in [0.15, 0.2) is 27.4 Å². The van der Waals surface area contributed by atoms with Gasteiger partial charge in [-0.05, 0) is 25.2 Å². The fourth-order valence-corrected chi connectivity index (χ4v) is 6.18. The molecule has 0 atom stereocenters. The van der Waals surface area contributed by atoms with E-state index in [0.717, 1.165) is 23.1 Å². The van der Waals surface area contributed by atoms with Crippen LogP contribution in [-0.4, -0.2) is 85.8 Å².